The van der Waals surface area contributed by atoms with Crippen molar-refractivity contribution in [1.82, 2.24) is 0 Å². The van der Waals surface area contributed by atoms with Crippen LogP contribution in [0.3, 0.4) is 0 Å². The number of hydrogen-bond acceptors (Lipinski definition) is 7. The summed E-state index contributed by atoms with van der Waals surface area (Å²) in [7, 11) is 0. The smallest absolute Gasteiger partial charge is 0.419 e. The second kappa shape index (κ2) is 9.91. The molecule has 0 amide bonds. The van der Waals surface area contributed by atoms with Crippen molar-refractivity contribution in [2.45, 2.75) is 36.6 Å². The van der Waals surface area contributed by atoms with Gasteiger partial charge in [0.1, 0.15) is 11.3 Å². The zero-order chi connectivity index (χ0) is 29.7. The molecule has 5 rings (SSSR count). The Labute approximate surface area is 231 Å². The number of rotatable bonds is 5. The molecule has 1 spiro atoms. The van der Waals surface area contributed by atoms with Gasteiger partial charge in [0.25, 0.3) is 0 Å². The molecule has 8 nitrogen and oxygen atoms in total. The van der Waals surface area contributed by atoms with Gasteiger partial charge in [0.15, 0.2) is 17.2 Å². The fourth-order valence-electron chi connectivity index (χ4n) is 6.81. The lowest BCUT2D eigenvalue weighted by Crippen LogP contribution is -2.76. The SMILES string of the molecule is CCOC(=O)[C@@H]1[C@@H](c2ccccc2)[C@@H]([N+](=O)[O-])[C@H](c2ccccc2)C2(C(=O)c3ccccc3C2=O)[C@@]1(O)C(F)(F)F. The Morgan fingerprint density at radius 1 is 0.902 bits per heavy atom. The molecule has 41 heavy (non-hydrogen) atoms. The van der Waals surface area contributed by atoms with Crippen LogP contribution >= 0.6 is 0 Å². The summed E-state index contributed by atoms with van der Waals surface area (Å²) >= 11 is 0. The number of fused-ring (bicyclic) bond motifs is 1. The molecule has 3 aromatic carbocycles. The minimum Gasteiger partial charge on any atom is -0.466 e. The number of carbonyl (C=O) groups excluding carboxylic acids is 3. The van der Waals surface area contributed by atoms with Gasteiger partial charge in [0.2, 0.25) is 6.04 Å². The lowest BCUT2D eigenvalue weighted by Gasteiger charge is -2.56. The van der Waals surface area contributed by atoms with E-state index in [0.717, 1.165) is 12.1 Å². The van der Waals surface area contributed by atoms with Crippen LogP contribution < -0.4 is 0 Å². The van der Waals surface area contributed by atoms with Gasteiger partial charge >= 0.3 is 12.1 Å². The average Bonchev–Trinajstić information content (AvgIpc) is 3.17. The van der Waals surface area contributed by atoms with E-state index < -0.39 is 81.2 Å². The minimum atomic E-state index is -5.81. The van der Waals surface area contributed by atoms with Crippen LogP contribution in [0, 0.1) is 21.4 Å². The second-order valence-electron chi connectivity index (χ2n) is 10.1. The number of ether oxygens (including phenoxy) is 1. The van der Waals surface area contributed by atoms with Crippen molar-refractivity contribution in [3.8, 4) is 0 Å². The molecule has 1 saturated carbocycles. The number of nitrogens with zero attached hydrogens (tertiary/aromatic N) is 1. The lowest BCUT2D eigenvalue weighted by molar-refractivity contribution is -0.544. The first-order valence-electron chi connectivity index (χ1n) is 12.8. The van der Waals surface area contributed by atoms with Gasteiger partial charge in [-0.05, 0) is 18.1 Å². The molecule has 0 radical (unpaired) electrons. The van der Waals surface area contributed by atoms with Crippen LogP contribution in [0.5, 0.6) is 0 Å². The number of aliphatic hydroxyl groups is 1. The van der Waals surface area contributed by atoms with E-state index in [9.17, 15) is 29.6 Å². The van der Waals surface area contributed by atoms with E-state index in [0.29, 0.717) is 0 Å². The molecule has 0 aromatic heterocycles. The highest BCUT2D eigenvalue weighted by Crippen LogP contribution is 2.68. The van der Waals surface area contributed by atoms with Crippen LogP contribution in [0.4, 0.5) is 13.2 Å². The average molecular weight is 568 g/mol. The minimum absolute atomic E-state index is 0.0684. The fourth-order valence-corrected chi connectivity index (χ4v) is 6.81. The van der Waals surface area contributed by atoms with E-state index in [1.165, 1.54) is 79.7 Å². The standard InChI is InChI=1S/C30H24F3NO7/c1-2-41-27(37)23-21(17-11-5-3-6-12-17)24(34(39)40)22(18-13-7-4-8-14-18)28(29(23,38)30(31,32)33)25(35)19-15-9-10-16-20(19)26(28)36/h3-16,21-24,38H,2H2,1H3/t21-,22+,23+,24-,29-/m1/s1. The molecule has 11 heteroatoms. The Hall–Kier alpha value is -4.38. The van der Waals surface area contributed by atoms with Crippen LogP contribution in [0.25, 0.3) is 0 Å². The molecule has 0 bridgehead atoms. The number of carbonyl (C=O) groups is 3. The van der Waals surface area contributed by atoms with E-state index in [1.54, 1.807) is 0 Å². The van der Waals surface area contributed by atoms with E-state index in [-0.39, 0.29) is 11.1 Å². The van der Waals surface area contributed by atoms with Crippen molar-refractivity contribution in [3.05, 3.63) is 117 Å². The first-order valence-corrected chi connectivity index (χ1v) is 12.8. The van der Waals surface area contributed by atoms with Gasteiger partial charge in [-0.15, -0.1) is 0 Å². The Morgan fingerprint density at radius 3 is 1.80 bits per heavy atom. The maximum absolute atomic E-state index is 15.6. The molecule has 0 heterocycles. The summed E-state index contributed by atoms with van der Waals surface area (Å²) in [5.74, 6) is -11.3. The molecule has 212 valence electrons. The fraction of sp³-hybridized carbons (Fsp3) is 0.300. The molecule has 5 atom stereocenters. The monoisotopic (exact) mass is 567 g/mol. The van der Waals surface area contributed by atoms with E-state index >= 15 is 13.2 Å². The number of Topliss-reactive ketones (excluding diaryl/α,β-unsaturated/α-hetero) is 2. The van der Waals surface area contributed by atoms with Crippen LogP contribution in [-0.2, 0) is 9.53 Å². The zero-order valence-electron chi connectivity index (χ0n) is 21.6. The van der Waals surface area contributed by atoms with Crippen molar-refractivity contribution in [3.63, 3.8) is 0 Å². The highest BCUT2D eigenvalue weighted by atomic mass is 19.4. The molecular weight excluding hydrogens is 543 g/mol. The largest absolute Gasteiger partial charge is 0.466 e. The molecule has 0 aliphatic heterocycles. The van der Waals surface area contributed by atoms with Crippen molar-refractivity contribution >= 4 is 17.5 Å². The summed E-state index contributed by atoms with van der Waals surface area (Å²) in [5.41, 5.74) is -8.99. The van der Waals surface area contributed by atoms with Gasteiger partial charge in [0, 0.05) is 16.1 Å². The first kappa shape index (κ1) is 28.2. The summed E-state index contributed by atoms with van der Waals surface area (Å²) < 4.78 is 51.9. The summed E-state index contributed by atoms with van der Waals surface area (Å²) in [6, 6.07) is 16.6. The number of ketones is 2. The number of halogens is 3. The maximum atomic E-state index is 15.6. The number of benzene rings is 3. The molecule has 0 saturated heterocycles. The summed E-state index contributed by atoms with van der Waals surface area (Å²) in [6.07, 6.45) is -5.81. The van der Waals surface area contributed by atoms with E-state index in [1.807, 2.05) is 0 Å². The third kappa shape index (κ3) is 3.75. The van der Waals surface area contributed by atoms with Gasteiger partial charge in [0.05, 0.1) is 18.4 Å². The number of alkyl halides is 3. The molecule has 3 aromatic rings. The lowest BCUT2D eigenvalue weighted by atomic mass is 9.45. The normalized spacial score (nSPS) is 27.0. The summed E-state index contributed by atoms with van der Waals surface area (Å²) in [5, 5.41) is 25.2. The van der Waals surface area contributed by atoms with Gasteiger partial charge in [-0.2, -0.15) is 13.2 Å². The van der Waals surface area contributed by atoms with Gasteiger partial charge < -0.3 is 9.84 Å². The Balaban J connectivity index is 2.00. The van der Waals surface area contributed by atoms with Gasteiger partial charge in [-0.3, -0.25) is 24.5 Å². The third-order valence-electron chi connectivity index (χ3n) is 8.28. The predicted molar refractivity (Wildman–Crippen MR) is 138 cm³/mol. The van der Waals surface area contributed by atoms with Crippen molar-refractivity contribution < 1.29 is 42.3 Å². The molecule has 2 aliphatic rings. The predicted octanol–water partition coefficient (Wildman–Crippen LogP) is 4.75. The van der Waals surface area contributed by atoms with Crippen LogP contribution in [0.2, 0.25) is 0 Å². The summed E-state index contributed by atoms with van der Waals surface area (Å²) in [6.45, 7) is 0.894. The number of esters is 1. The second-order valence-corrected chi connectivity index (χ2v) is 10.1. The molecule has 0 unspecified atom stereocenters. The first-order chi connectivity index (χ1) is 19.4. The van der Waals surface area contributed by atoms with E-state index in [4.69, 9.17) is 4.74 Å². The Bertz CT molecular complexity index is 1490. The molecule has 2 aliphatic carbocycles. The van der Waals surface area contributed by atoms with E-state index in [2.05, 4.69) is 0 Å². The third-order valence-corrected chi connectivity index (χ3v) is 8.28. The highest BCUT2D eigenvalue weighted by Gasteiger charge is 2.87. The van der Waals surface area contributed by atoms with Crippen LogP contribution in [0.15, 0.2) is 84.9 Å². The molecular formula is C30H24F3NO7. The highest BCUT2D eigenvalue weighted by molar-refractivity contribution is 6.31. The van der Waals surface area contributed by atoms with Crippen molar-refractivity contribution in [2.75, 3.05) is 6.61 Å². The van der Waals surface area contributed by atoms with Crippen molar-refractivity contribution in [2.24, 2.45) is 11.3 Å². The van der Waals surface area contributed by atoms with Gasteiger partial charge in [-0.25, -0.2) is 0 Å². The summed E-state index contributed by atoms with van der Waals surface area (Å²) in [4.78, 5) is 54.3. The molecule has 1 fully saturated rings. The number of nitro groups is 1. The van der Waals surface area contributed by atoms with Gasteiger partial charge in [-0.1, -0.05) is 84.9 Å². The van der Waals surface area contributed by atoms with Crippen LogP contribution in [-0.4, -0.2) is 52.0 Å². The molecule has 1 N–H and O–H groups in total. The quantitative estimate of drug-likeness (QED) is 0.204. The van der Waals surface area contributed by atoms with Crippen LogP contribution in [0.1, 0.15) is 50.6 Å². The zero-order valence-corrected chi connectivity index (χ0v) is 21.6. The van der Waals surface area contributed by atoms with Crippen molar-refractivity contribution in [1.29, 1.82) is 0 Å². The Kier molecular flexibility index (Phi) is 6.81. The number of hydrogen-bond donors (Lipinski definition) is 1. The maximum Gasteiger partial charge on any atom is 0.419 e. The topological polar surface area (TPSA) is 124 Å². The Morgan fingerprint density at radius 2 is 1.37 bits per heavy atom.